The van der Waals surface area contributed by atoms with Gasteiger partial charge in [0.05, 0.1) is 12.8 Å². The fourth-order valence-electron chi connectivity index (χ4n) is 5.55. The number of nitrogens with zero attached hydrogens (tertiary/aromatic N) is 2. The van der Waals surface area contributed by atoms with Gasteiger partial charge < -0.3 is 21.5 Å². The van der Waals surface area contributed by atoms with Crippen LogP contribution in [0.4, 0.5) is 11.4 Å². The Bertz CT molecular complexity index is 1570. The minimum Gasteiger partial charge on any atom is -0.497 e. The molecular formula is C33H35N5O4S. The highest BCUT2D eigenvalue weighted by molar-refractivity contribution is 7.09. The Morgan fingerprint density at radius 2 is 1.65 bits per heavy atom. The summed E-state index contributed by atoms with van der Waals surface area (Å²) in [4.78, 5) is 41.8. The number of carbonyl (C=O) groups excluding carboxylic acids is 3. The number of nitrogens with two attached hydrogens (primary N) is 2. The lowest BCUT2D eigenvalue weighted by molar-refractivity contribution is -0.122. The first-order chi connectivity index (χ1) is 20.9. The molecule has 1 heterocycles. The number of rotatable bonds is 10. The maximum Gasteiger partial charge on any atom is 0.273 e. The zero-order valence-corrected chi connectivity index (χ0v) is 24.8. The lowest BCUT2D eigenvalue weighted by Crippen LogP contribution is -2.44. The largest absolute Gasteiger partial charge is 0.497 e. The second-order valence-electron chi connectivity index (χ2n) is 10.6. The Hall–Kier alpha value is -4.70. The van der Waals surface area contributed by atoms with Gasteiger partial charge in [0.15, 0.2) is 5.69 Å². The van der Waals surface area contributed by atoms with Crippen molar-refractivity contribution in [1.29, 1.82) is 0 Å². The Kier molecular flexibility index (Phi) is 9.36. The summed E-state index contributed by atoms with van der Waals surface area (Å²) in [5.74, 6) is -0.711. The molecule has 3 aromatic carbocycles. The van der Waals surface area contributed by atoms with Crippen molar-refractivity contribution in [3.8, 4) is 5.75 Å². The summed E-state index contributed by atoms with van der Waals surface area (Å²) in [5.41, 5.74) is 14.6. The number of aromatic nitrogens is 1. The van der Waals surface area contributed by atoms with E-state index in [-0.39, 0.29) is 22.8 Å². The van der Waals surface area contributed by atoms with Crippen LogP contribution >= 0.6 is 11.5 Å². The van der Waals surface area contributed by atoms with E-state index in [9.17, 15) is 14.4 Å². The molecule has 10 heteroatoms. The molecule has 1 aromatic heterocycles. The molecule has 0 saturated heterocycles. The molecule has 1 fully saturated rings. The van der Waals surface area contributed by atoms with E-state index >= 15 is 0 Å². The third-order valence-electron chi connectivity index (χ3n) is 7.87. The van der Waals surface area contributed by atoms with E-state index in [0.717, 1.165) is 29.9 Å². The molecule has 0 unspecified atom stereocenters. The van der Waals surface area contributed by atoms with Gasteiger partial charge in [-0.3, -0.25) is 19.3 Å². The van der Waals surface area contributed by atoms with Crippen molar-refractivity contribution in [2.45, 2.75) is 50.6 Å². The molecule has 4 aromatic rings. The Morgan fingerprint density at radius 3 is 2.26 bits per heavy atom. The highest BCUT2D eigenvalue weighted by Gasteiger charge is 2.36. The van der Waals surface area contributed by atoms with Crippen molar-refractivity contribution in [3.63, 3.8) is 0 Å². The number of nitrogens with one attached hydrogen (secondary N) is 1. The molecular weight excluding hydrogens is 562 g/mol. The Balaban J connectivity index is 1.59. The lowest BCUT2D eigenvalue weighted by Gasteiger charge is -2.32. The highest BCUT2D eigenvalue weighted by Crippen LogP contribution is 2.37. The molecule has 222 valence electrons. The lowest BCUT2D eigenvalue weighted by atomic mass is 9.84. The monoisotopic (exact) mass is 597 g/mol. The van der Waals surface area contributed by atoms with Gasteiger partial charge in [-0.05, 0) is 71.2 Å². The van der Waals surface area contributed by atoms with Crippen molar-refractivity contribution in [3.05, 3.63) is 106 Å². The number of hydrogen-bond donors (Lipinski definition) is 3. The van der Waals surface area contributed by atoms with Gasteiger partial charge >= 0.3 is 0 Å². The third-order valence-corrected chi connectivity index (χ3v) is 8.72. The van der Waals surface area contributed by atoms with Gasteiger partial charge in [0, 0.05) is 12.2 Å². The first-order valence-corrected chi connectivity index (χ1v) is 15.1. The van der Waals surface area contributed by atoms with Crippen LogP contribution in [0, 0.1) is 0 Å². The quantitative estimate of drug-likeness (QED) is 0.218. The Morgan fingerprint density at radius 1 is 0.977 bits per heavy atom. The van der Waals surface area contributed by atoms with Gasteiger partial charge in [-0.15, -0.1) is 0 Å². The van der Waals surface area contributed by atoms with Crippen LogP contribution in [0.5, 0.6) is 5.75 Å². The minimum atomic E-state index is -1.08. The topological polar surface area (TPSA) is 141 Å². The van der Waals surface area contributed by atoms with Crippen LogP contribution in [0.1, 0.15) is 80.9 Å². The van der Waals surface area contributed by atoms with E-state index in [1.807, 2.05) is 54.6 Å². The van der Waals surface area contributed by atoms with Crippen LogP contribution in [0.25, 0.3) is 0 Å². The number of carbonyl (C=O) groups is 3. The van der Waals surface area contributed by atoms with Crippen molar-refractivity contribution in [2.24, 2.45) is 5.73 Å². The highest BCUT2D eigenvalue weighted by atomic mass is 32.1. The molecule has 1 saturated carbocycles. The van der Waals surface area contributed by atoms with Gasteiger partial charge in [-0.1, -0.05) is 73.9 Å². The fourth-order valence-corrected chi connectivity index (χ4v) is 6.29. The third kappa shape index (κ3) is 6.70. The molecule has 0 bridgehead atoms. The number of methoxy groups -OCH3 is 1. The van der Waals surface area contributed by atoms with E-state index in [2.05, 4.69) is 9.69 Å². The normalized spacial score (nSPS) is 14.1. The van der Waals surface area contributed by atoms with Crippen LogP contribution in [-0.4, -0.2) is 29.2 Å². The number of ether oxygens (including phenoxy) is 1. The molecule has 0 radical (unpaired) electrons. The van der Waals surface area contributed by atoms with Gasteiger partial charge in [-0.25, -0.2) is 0 Å². The van der Waals surface area contributed by atoms with Gasteiger partial charge in [0.2, 0.25) is 5.91 Å². The van der Waals surface area contributed by atoms with Gasteiger partial charge in [-0.2, -0.15) is 4.37 Å². The number of primary amides is 1. The maximum atomic E-state index is 14.4. The molecule has 9 nitrogen and oxygen atoms in total. The van der Waals surface area contributed by atoms with E-state index in [1.54, 1.807) is 31.4 Å². The Labute approximate surface area is 255 Å². The van der Waals surface area contributed by atoms with Crippen LogP contribution < -0.4 is 26.4 Å². The second kappa shape index (κ2) is 13.5. The molecule has 5 rings (SSSR count). The second-order valence-corrected chi connectivity index (χ2v) is 11.4. The fraction of sp³-hybridized carbons (Fsp3) is 0.273. The summed E-state index contributed by atoms with van der Waals surface area (Å²) in [6.45, 7) is 0.267. The average Bonchev–Trinajstić information content (AvgIpc) is 3.44. The first-order valence-electron chi connectivity index (χ1n) is 14.3. The average molecular weight is 598 g/mol. The van der Waals surface area contributed by atoms with Crippen LogP contribution in [-0.2, 0) is 11.3 Å². The summed E-state index contributed by atoms with van der Waals surface area (Å²) in [7, 11) is 1.56. The number of benzene rings is 3. The molecule has 1 atom stereocenters. The zero-order valence-electron chi connectivity index (χ0n) is 24.0. The zero-order chi connectivity index (χ0) is 30.3. The molecule has 0 spiro atoms. The summed E-state index contributed by atoms with van der Waals surface area (Å²) in [6, 6.07) is 23.3. The van der Waals surface area contributed by atoms with Crippen molar-refractivity contribution < 1.29 is 19.1 Å². The predicted octanol–water partition coefficient (Wildman–Crippen LogP) is 5.59. The van der Waals surface area contributed by atoms with E-state index in [0.29, 0.717) is 22.9 Å². The molecule has 0 aliphatic heterocycles. The summed E-state index contributed by atoms with van der Waals surface area (Å²) < 4.78 is 9.38. The molecule has 3 amide bonds. The van der Waals surface area contributed by atoms with Crippen LogP contribution in [0.3, 0.4) is 0 Å². The van der Waals surface area contributed by atoms with Crippen LogP contribution in [0.15, 0.2) is 78.9 Å². The number of hydrogen-bond acceptors (Lipinski definition) is 7. The maximum absolute atomic E-state index is 14.4. The number of nitrogen functional groups attached to an aromatic ring is 1. The molecule has 5 N–H and O–H groups in total. The predicted molar refractivity (Wildman–Crippen MR) is 168 cm³/mol. The van der Waals surface area contributed by atoms with Crippen molar-refractivity contribution in [2.75, 3.05) is 17.7 Å². The smallest absolute Gasteiger partial charge is 0.273 e. The van der Waals surface area contributed by atoms with Crippen molar-refractivity contribution in [1.82, 2.24) is 9.69 Å². The SMILES string of the molecule is COc1ccc([C@@H](C(=O)NCc2ccccc2)N(C(=O)c2snc(C(N)=O)c2N)c2ccc(C3CCCCC3)cc2)cc1. The van der Waals surface area contributed by atoms with E-state index < -0.39 is 23.8 Å². The number of anilines is 2. The molecule has 43 heavy (non-hydrogen) atoms. The van der Waals surface area contributed by atoms with E-state index in [4.69, 9.17) is 16.2 Å². The molecule has 1 aliphatic rings. The first kappa shape index (κ1) is 29.8. The van der Waals surface area contributed by atoms with Crippen LogP contribution in [0.2, 0.25) is 0 Å². The summed E-state index contributed by atoms with van der Waals surface area (Å²) in [6.07, 6.45) is 5.91. The summed E-state index contributed by atoms with van der Waals surface area (Å²) >= 11 is 0.783. The number of amides is 3. The van der Waals surface area contributed by atoms with Crippen molar-refractivity contribution >= 4 is 40.6 Å². The molecule has 1 aliphatic carbocycles. The minimum absolute atomic E-state index is 0.0273. The standard InChI is InChI=1S/C33H35N5O4S/c1-42-26-18-14-24(15-19-26)29(32(40)36-20-21-8-4-2-5-9-21)38(33(41)30-27(34)28(31(35)39)37-43-30)25-16-12-23(13-17-25)22-10-6-3-7-11-22/h2,4-5,8-9,12-19,22,29H,3,6-7,10-11,20,34H2,1H3,(H2,35,39)(H,36,40)/t29-/m0/s1. The summed E-state index contributed by atoms with van der Waals surface area (Å²) in [5, 5.41) is 3.00. The van der Waals surface area contributed by atoms with E-state index in [1.165, 1.54) is 29.7 Å². The van der Waals surface area contributed by atoms with Gasteiger partial charge in [0.1, 0.15) is 16.7 Å². The van der Waals surface area contributed by atoms with Gasteiger partial charge in [0.25, 0.3) is 11.8 Å².